The first-order valence-electron chi connectivity index (χ1n) is 12.5. The summed E-state index contributed by atoms with van der Waals surface area (Å²) >= 11 is 0. The van der Waals surface area contributed by atoms with Crippen LogP contribution in [0.25, 0.3) is 11.1 Å². The number of fused-ring (bicyclic) bond motifs is 3. The fourth-order valence-electron chi connectivity index (χ4n) is 5.37. The Morgan fingerprint density at radius 3 is 2.29 bits per heavy atom. The number of carbonyl (C=O) groups is 3. The molecule has 7 nitrogen and oxygen atoms in total. The molecule has 2 amide bonds. The second-order valence-corrected chi connectivity index (χ2v) is 9.74. The van der Waals surface area contributed by atoms with Crippen LogP contribution in [0.4, 0.5) is 4.79 Å². The summed E-state index contributed by atoms with van der Waals surface area (Å²) in [5.74, 6) is -1.02. The summed E-state index contributed by atoms with van der Waals surface area (Å²) in [6.07, 6.45) is 1.66. The van der Waals surface area contributed by atoms with Crippen LogP contribution >= 0.6 is 0 Å². The van der Waals surface area contributed by atoms with E-state index in [2.05, 4.69) is 29.6 Å². The van der Waals surface area contributed by atoms with Crippen LogP contribution in [0, 0.1) is 11.8 Å². The highest BCUT2D eigenvalue weighted by atomic mass is 16.5. The molecule has 2 aromatic rings. The summed E-state index contributed by atoms with van der Waals surface area (Å²) in [4.78, 5) is 38.9. The SMILES string of the molecule is CCCC[C@H](NC(=O)OCC1c2ccccc2-c2ccccc21)C(=O)N1C[C@@H](CC(=O)O)[C@H](C)C1. The zero-order chi connectivity index (χ0) is 24.9. The molecule has 0 radical (unpaired) electrons. The fraction of sp³-hybridized carbons (Fsp3) is 0.464. The summed E-state index contributed by atoms with van der Waals surface area (Å²) in [6, 6.07) is 15.6. The molecular formula is C28H34N2O5. The third-order valence-electron chi connectivity index (χ3n) is 7.30. The van der Waals surface area contributed by atoms with Gasteiger partial charge in [0.2, 0.25) is 5.91 Å². The Labute approximate surface area is 206 Å². The number of nitrogens with zero attached hydrogens (tertiary/aromatic N) is 1. The van der Waals surface area contributed by atoms with E-state index in [-0.39, 0.29) is 36.7 Å². The van der Waals surface area contributed by atoms with Gasteiger partial charge >= 0.3 is 12.1 Å². The van der Waals surface area contributed by atoms with Crippen molar-refractivity contribution < 1.29 is 24.2 Å². The van der Waals surface area contributed by atoms with Crippen LogP contribution < -0.4 is 5.32 Å². The van der Waals surface area contributed by atoms with Gasteiger partial charge in [0.25, 0.3) is 0 Å². The van der Waals surface area contributed by atoms with Crippen molar-refractivity contribution in [3.8, 4) is 11.1 Å². The summed E-state index contributed by atoms with van der Waals surface area (Å²) in [5, 5.41) is 12.0. The summed E-state index contributed by atoms with van der Waals surface area (Å²) < 4.78 is 5.66. The minimum Gasteiger partial charge on any atom is -0.481 e. The van der Waals surface area contributed by atoms with E-state index in [0.29, 0.717) is 19.5 Å². The highest BCUT2D eigenvalue weighted by Gasteiger charge is 2.37. The maximum absolute atomic E-state index is 13.3. The number of benzene rings is 2. The average molecular weight is 479 g/mol. The first-order chi connectivity index (χ1) is 16.9. The summed E-state index contributed by atoms with van der Waals surface area (Å²) in [6.45, 7) is 5.11. The van der Waals surface area contributed by atoms with Crippen LogP contribution in [0.15, 0.2) is 48.5 Å². The Hall–Kier alpha value is -3.35. The van der Waals surface area contributed by atoms with Gasteiger partial charge in [-0.2, -0.15) is 0 Å². The van der Waals surface area contributed by atoms with Crippen LogP contribution in [0.3, 0.4) is 0 Å². The second kappa shape index (κ2) is 10.9. The van der Waals surface area contributed by atoms with Gasteiger partial charge in [-0.05, 0) is 40.5 Å². The molecule has 2 aromatic carbocycles. The number of hydrogen-bond acceptors (Lipinski definition) is 4. The molecule has 7 heteroatoms. The van der Waals surface area contributed by atoms with Crippen molar-refractivity contribution in [2.45, 2.75) is 51.5 Å². The van der Waals surface area contributed by atoms with Crippen LogP contribution in [0.1, 0.15) is 56.6 Å². The molecule has 2 N–H and O–H groups in total. The highest BCUT2D eigenvalue weighted by Crippen LogP contribution is 2.44. The molecule has 1 heterocycles. The Kier molecular flexibility index (Phi) is 7.73. The molecule has 3 atom stereocenters. The Bertz CT molecular complexity index is 1040. The lowest BCUT2D eigenvalue weighted by Gasteiger charge is -2.24. The molecule has 1 fully saturated rings. The third kappa shape index (κ3) is 5.50. The predicted molar refractivity (Wildman–Crippen MR) is 133 cm³/mol. The van der Waals surface area contributed by atoms with Gasteiger partial charge in [-0.15, -0.1) is 0 Å². The van der Waals surface area contributed by atoms with Gasteiger partial charge in [-0.25, -0.2) is 4.79 Å². The average Bonchev–Trinajstić information content (AvgIpc) is 3.37. The van der Waals surface area contributed by atoms with Gasteiger partial charge in [0.1, 0.15) is 12.6 Å². The number of carboxylic acid groups (broad SMARTS) is 1. The van der Waals surface area contributed by atoms with Crippen molar-refractivity contribution >= 4 is 18.0 Å². The second-order valence-electron chi connectivity index (χ2n) is 9.74. The molecule has 0 spiro atoms. The molecule has 1 aliphatic carbocycles. The van der Waals surface area contributed by atoms with Crippen molar-refractivity contribution in [3.63, 3.8) is 0 Å². The number of carboxylic acids is 1. The van der Waals surface area contributed by atoms with E-state index in [4.69, 9.17) is 9.84 Å². The molecule has 0 bridgehead atoms. The fourth-order valence-corrected chi connectivity index (χ4v) is 5.37. The molecule has 1 saturated heterocycles. The van der Waals surface area contributed by atoms with Gasteiger partial charge in [-0.1, -0.05) is 75.2 Å². The van der Waals surface area contributed by atoms with Crippen molar-refractivity contribution in [1.82, 2.24) is 10.2 Å². The maximum Gasteiger partial charge on any atom is 0.407 e. The number of amides is 2. The third-order valence-corrected chi connectivity index (χ3v) is 7.30. The molecule has 186 valence electrons. The van der Waals surface area contributed by atoms with Crippen molar-refractivity contribution in [2.24, 2.45) is 11.8 Å². The largest absolute Gasteiger partial charge is 0.481 e. The van der Waals surface area contributed by atoms with Gasteiger partial charge in [-0.3, -0.25) is 9.59 Å². The lowest BCUT2D eigenvalue weighted by molar-refractivity contribution is -0.139. The molecule has 4 rings (SSSR count). The van der Waals surface area contributed by atoms with Crippen molar-refractivity contribution in [2.75, 3.05) is 19.7 Å². The molecule has 1 aliphatic heterocycles. The van der Waals surface area contributed by atoms with Gasteiger partial charge < -0.3 is 20.1 Å². The van der Waals surface area contributed by atoms with E-state index in [0.717, 1.165) is 35.1 Å². The number of hydrogen-bond donors (Lipinski definition) is 2. The molecular weight excluding hydrogens is 444 g/mol. The maximum atomic E-state index is 13.3. The van der Waals surface area contributed by atoms with E-state index in [1.807, 2.05) is 38.1 Å². The normalized spacial score (nSPS) is 19.7. The van der Waals surface area contributed by atoms with Gasteiger partial charge in [0, 0.05) is 19.0 Å². The topological polar surface area (TPSA) is 95.9 Å². The Morgan fingerprint density at radius 2 is 1.69 bits per heavy atom. The monoisotopic (exact) mass is 478 g/mol. The molecule has 0 saturated carbocycles. The number of nitrogens with one attached hydrogen (secondary N) is 1. The predicted octanol–water partition coefficient (Wildman–Crippen LogP) is 4.65. The smallest absolute Gasteiger partial charge is 0.407 e. The number of alkyl carbamates (subject to hydrolysis) is 1. The molecule has 0 aromatic heterocycles. The molecule has 0 unspecified atom stereocenters. The molecule has 35 heavy (non-hydrogen) atoms. The van der Waals surface area contributed by atoms with E-state index >= 15 is 0 Å². The quantitative estimate of drug-likeness (QED) is 0.547. The minimum atomic E-state index is -0.851. The lowest BCUT2D eigenvalue weighted by Crippen LogP contribution is -2.48. The number of rotatable bonds is 9. The Balaban J connectivity index is 1.40. The highest BCUT2D eigenvalue weighted by molar-refractivity contribution is 5.86. The number of aliphatic carboxylic acids is 1. The van der Waals surface area contributed by atoms with E-state index in [1.165, 1.54) is 0 Å². The van der Waals surface area contributed by atoms with E-state index in [1.54, 1.807) is 4.90 Å². The van der Waals surface area contributed by atoms with Crippen molar-refractivity contribution in [1.29, 1.82) is 0 Å². The lowest BCUT2D eigenvalue weighted by atomic mass is 9.95. The summed E-state index contributed by atoms with van der Waals surface area (Å²) in [7, 11) is 0. The zero-order valence-corrected chi connectivity index (χ0v) is 20.4. The summed E-state index contributed by atoms with van der Waals surface area (Å²) in [5.41, 5.74) is 4.59. The van der Waals surface area contributed by atoms with Crippen LogP contribution in [0.5, 0.6) is 0 Å². The van der Waals surface area contributed by atoms with Crippen LogP contribution in [-0.2, 0) is 14.3 Å². The minimum absolute atomic E-state index is 0.0460. The standard InChI is InChI=1S/C28H34N2O5/c1-3-4-13-25(27(33)30-15-18(2)19(16-30)14-26(31)32)29-28(34)35-17-24-22-11-7-5-9-20(22)21-10-6-8-12-23(21)24/h5-12,18-19,24-25H,3-4,13-17H2,1-2H3,(H,29,34)(H,31,32)/t18-,19-,25+/m1/s1. The Morgan fingerprint density at radius 1 is 1.06 bits per heavy atom. The first kappa shape index (κ1) is 24.8. The van der Waals surface area contributed by atoms with Crippen LogP contribution in [-0.4, -0.2) is 53.7 Å². The van der Waals surface area contributed by atoms with Crippen molar-refractivity contribution in [3.05, 3.63) is 59.7 Å². The number of likely N-dealkylation sites (tertiary alicyclic amines) is 1. The molecule has 2 aliphatic rings. The number of unbranched alkanes of at least 4 members (excludes halogenated alkanes) is 1. The van der Waals surface area contributed by atoms with Gasteiger partial charge in [0.05, 0.1) is 6.42 Å². The van der Waals surface area contributed by atoms with E-state index < -0.39 is 18.1 Å². The van der Waals surface area contributed by atoms with Crippen LogP contribution in [0.2, 0.25) is 0 Å². The number of ether oxygens (including phenoxy) is 1. The van der Waals surface area contributed by atoms with E-state index in [9.17, 15) is 14.4 Å². The van der Waals surface area contributed by atoms with Gasteiger partial charge in [0.15, 0.2) is 0 Å². The first-order valence-corrected chi connectivity index (χ1v) is 12.5. The number of carbonyl (C=O) groups excluding carboxylic acids is 2. The zero-order valence-electron chi connectivity index (χ0n) is 20.4.